The van der Waals surface area contributed by atoms with E-state index >= 15 is 0 Å². The topological polar surface area (TPSA) is 98.3 Å². The minimum Gasteiger partial charge on any atom is -0.481 e. The Balaban J connectivity index is 1.38. The number of aromatic amines is 1. The second-order valence-corrected chi connectivity index (χ2v) is 10.7. The summed E-state index contributed by atoms with van der Waals surface area (Å²) in [7, 11) is 0. The van der Waals surface area contributed by atoms with E-state index < -0.39 is 5.97 Å². The van der Waals surface area contributed by atoms with Crippen LogP contribution < -0.4 is 5.32 Å². The molecule has 1 unspecified atom stereocenters. The zero-order chi connectivity index (χ0) is 23.4. The smallest absolute Gasteiger partial charge is 0.309 e. The number of aromatic nitrogens is 2. The fraction of sp³-hybridized carbons (Fsp3) is 0.320. The number of carboxylic acids is 1. The highest BCUT2D eigenvalue weighted by atomic mass is 35.5. The number of aliphatic carboxylic acids is 1. The van der Waals surface area contributed by atoms with E-state index in [0.717, 1.165) is 39.9 Å². The molecule has 2 aliphatic heterocycles. The molecule has 3 aliphatic rings. The normalized spacial score (nSPS) is 22.6. The van der Waals surface area contributed by atoms with E-state index in [1.807, 2.05) is 23.1 Å². The van der Waals surface area contributed by atoms with Crippen LogP contribution in [0.4, 0.5) is 0 Å². The maximum Gasteiger partial charge on any atom is 0.309 e. The Labute approximate surface area is 205 Å². The van der Waals surface area contributed by atoms with Gasteiger partial charge in [-0.05, 0) is 71.7 Å². The zero-order valence-corrected chi connectivity index (χ0v) is 19.8. The Kier molecular flexibility index (Phi) is 5.39. The number of allylic oxidation sites excluding steroid dienone is 1. The van der Waals surface area contributed by atoms with Crippen molar-refractivity contribution in [3.05, 3.63) is 69.2 Å². The molecule has 0 bridgehead atoms. The minimum atomic E-state index is -0.786. The summed E-state index contributed by atoms with van der Waals surface area (Å²) in [6.45, 7) is 0.889. The first-order chi connectivity index (χ1) is 16.5. The van der Waals surface area contributed by atoms with Gasteiger partial charge in [-0.15, -0.1) is 0 Å². The number of carbonyl (C=O) groups is 2. The Morgan fingerprint density at radius 3 is 2.79 bits per heavy atom. The maximum atomic E-state index is 13.2. The molecule has 3 aromatic rings. The number of benzene rings is 2. The number of fused-ring (bicyclic) bond motifs is 1. The number of hydrogen-bond acceptors (Lipinski definition) is 5. The van der Waals surface area contributed by atoms with Crippen LogP contribution in [0.5, 0.6) is 0 Å². The molecule has 1 saturated carbocycles. The average molecular weight is 495 g/mol. The Hall–Kier alpha value is -2.81. The molecule has 174 valence electrons. The van der Waals surface area contributed by atoms with Crippen molar-refractivity contribution in [3.8, 4) is 0 Å². The number of halogens is 1. The summed E-state index contributed by atoms with van der Waals surface area (Å²) in [5.41, 5.74) is 5.10. The summed E-state index contributed by atoms with van der Waals surface area (Å²) >= 11 is 7.80. The standard InChI is InChI=1S/C25H23ClN4O3S/c26-18-5-3-15(19(9-18)13-1-2-13)8-20(14-4-6-21-16(7-14)10-27-29-21)22-23(31)28-25(34-22)30-11-17(12-30)24(32)33/h3-7,9-10,13,17,25H,1-2,8,11-12H2,(H,27,29)(H,28,31)(H,32,33). The minimum absolute atomic E-state index is 0.113. The van der Waals surface area contributed by atoms with E-state index in [0.29, 0.717) is 30.3 Å². The predicted octanol–water partition coefficient (Wildman–Crippen LogP) is 4.21. The fourth-order valence-corrected chi connectivity index (χ4v) is 6.13. The first kappa shape index (κ1) is 21.7. The van der Waals surface area contributed by atoms with Crippen LogP contribution in [0.1, 0.15) is 35.4 Å². The molecular weight excluding hydrogens is 472 g/mol. The van der Waals surface area contributed by atoms with E-state index in [1.165, 1.54) is 22.9 Å². The largest absolute Gasteiger partial charge is 0.481 e. The van der Waals surface area contributed by atoms with Gasteiger partial charge in [0.05, 0.1) is 22.5 Å². The SMILES string of the molecule is O=C1NC(N2CC(C(=O)O)C2)SC1=C(Cc1ccc(Cl)cc1C1CC1)c1ccc2[nH]ncc2c1. The second-order valence-electron chi connectivity index (χ2n) is 9.21. The number of nitrogens with one attached hydrogen (secondary N) is 2. The number of nitrogens with zero attached hydrogens (tertiary/aromatic N) is 2. The summed E-state index contributed by atoms with van der Waals surface area (Å²) in [5, 5.41) is 21.1. The number of carbonyl (C=O) groups excluding carboxylic acids is 1. The highest BCUT2D eigenvalue weighted by Crippen LogP contribution is 2.45. The summed E-state index contributed by atoms with van der Waals surface area (Å²) in [4.78, 5) is 27.1. The van der Waals surface area contributed by atoms with Crippen molar-refractivity contribution in [2.75, 3.05) is 13.1 Å². The zero-order valence-electron chi connectivity index (χ0n) is 18.3. The van der Waals surface area contributed by atoms with E-state index in [-0.39, 0.29) is 17.3 Å². The second kappa shape index (κ2) is 8.45. The number of carboxylic acid groups (broad SMARTS) is 1. The summed E-state index contributed by atoms with van der Waals surface area (Å²) in [6.07, 6.45) is 4.73. The van der Waals surface area contributed by atoms with Gasteiger partial charge >= 0.3 is 5.97 Å². The quantitative estimate of drug-likeness (QED) is 0.444. The van der Waals surface area contributed by atoms with Crippen molar-refractivity contribution in [3.63, 3.8) is 0 Å². The molecule has 3 fully saturated rings. The molecule has 2 saturated heterocycles. The van der Waals surface area contributed by atoms with Crippen LogP contribution in [0, 0.1) is 5.92 Å². The summed E-state index contributed by atoms with van der Waals surface area (Å²) in [5.74, 6) is -0.740. The van der Waals surface area contributed by atoms with Crippen LogP contribution >= 0.6 is 23.4 Å². The van der Waals surface area contributed by atoms with Crippen LogP contribution in [0.25, 0.3) is 16.5 Å². The van der Waals surface area contributed by atoms with E-state index in [1.54, 1.807) is 6.20 Å². The van der Waals surface area contributed by atoms with Crippen molar-refractivity contribution >= 4 is 51.7 Å². The molecule has 0 spiro atoms. The predicted molar refractivity (Wildman–Crippen MR) is 132 cm³/mol. The summed E-state index contributed by atoms with van der Waals surface area (Å²) in [6, 6.07) is 12.1. The van der Waals surface area contributed by atoms with Crippen LogP contribution in [0.15, 0.2) is 47.5 Å². The van der Waals surface area contributed by atoms with Crippen molar-refractivity contribution in [2.24, 2.45) is 5.92 Å². The Morgan fingerprint density at radius 1 is 1.21 bits per heavy atom. The van der Waals surface area contributed by atoms with Gasteiger partial charge in [0.25, 0.3) is 5.91 Å². The molecule has 3 heterocycles. The van der Waals surface area contributed by atoms with Crippen molar-refractivity contribution in [1.29, 1.82) is 0 Å². The third-order valence-corrected chi connectivity index (χ3v) is 8.38. The van der Waals surface area contributed by atoms with Gasteiger partial charge in [0.2, 0.25) is 0 Å². The average Bonchev–Trinajstić information content (AvgIpc) is 3.40. The molecule has 9 heteroatoms. The highest BCUT2D eigenvalue weighted by Gasteiger charge is 2.42. The van der Waals surface area contributed by atoms with Gasteiger partial charge in [0.15, 0.2) is 0 Å². The lowest BCUT2D eigenvalue weighted by atomic mass is 9.92. The molecule has 34 heavy (non-hydrogen) atoms. The van der Waals surface area contributed by atoms with Gasteiger partial charge in [-0.1, -0.05) is 35.5 Å². The highest BCUT2D eigenvalue weighted by molar-refractivity contribution is 8.05. The van der Waals surface area contributed by atoms with Crippen molar-refractivity contribution < 1.29 is 14.7 Å². The van der Waals surface area contributed by atoms with Gasteiger partial charge < -0.3 is 10.4 Å². The number of hydrogen-bond donors (Lipinski definition) is 3. The first-order valence-electron chi connectivity index (χ1n) is 11.4. The van der Waals surface area contributed by atoms with Crippen molar-refractivity contribution in [1.82, 2.24) is 20.4 Å². The molecular formula is C25H23ClN4O3S. The van der Waals surface area contributed by atoms with E-state index in [4.69, 9.17) is 11.6 Å². The molecule has 1 atom stereocenters. The van der Waals surface area contributed by atoms with Crippen molar-refractivity contribution in [2.45, 2.75) is 30.7 Å². The molecule has 1 aromatic heterocycles. The maximum absolute atomic E-state index is 13.2. The summed E-state index contributed by atoms with van der Waals surface area (Å²) < 4.78 is 0. The molecule has 1 aliphatic carbocycles. The van der Waals surface area contributed by atoms with Crippen LogP contribution in [-0.2, 0) is 16.0 Å². The molecule has 3 N–H and O–H groups in total. The number of amides is 1. The van der Waals surface area contributed by atoms with Gasteiger partial charge in [-0.2, -0.15) is 5.10 Å². The number of rotatable bonds is 6. The van der Waals surface area contributed by atoms with Gasteiger partial charge in [0.1, 0.15) is 5.50 Å². The van der Waals surface area contributed by atoms with E-state index in [2.05, 4.69) is 33.7 Å². The van der Waals surface area contributed by atoms with Crippen LogP contribution in [0.2, 0.25) is 5.02 Å². The van der Waals surface area contributed by atoms with Gasteiger partial charge in [-0.3, -0.25) is 19.6 Å². The van der Waals surface area contributed by atoms with Crippen LogP contribution in [-0.4, -0.2) is 50.7 Å². The lowest BCUT2D eigenvalue weighted by Crippen LogP contribution is -2.56. The third kappa shape index (κ3) is 4.00. The fourth-order valence-electron chi connectivity index (χ4n) is 4.74. The molecule has 0 radical (unpaired) electrons. The third-order valence-electron chi connectivity index (χ3n) is 6.84. The molecule has 2 aromatic carbocycles. The first-order valence-corrected chi connectivity index (χ1v) is 12.6. The van der Waals surface area contributed by atoms with Gasteiger partial charge in [-0.25, -0.2) is 0 Å². The number of likely N-dealkylation sites (tertiary alicyclic amines) is 1. The number of H-pyrrole nitrogens is 1. The number of thioether (sulfide) groups is 1. The lowest BCUT2D eigenvalue weighted by Gasteiger charge is -2.39. The monoisotopic (exact) mass is 494 g/mol. The van der Waals surface area contributed by atoms with Gasteiger partial charge in [0, 0.05) is 23.5 Å². The lowest BCUT2D eigenvalue weighted by molar-refractivity contribution is -0.148. The Morgan fingerprint density at radius 2 is 2.03 bits per heavy atom. The van der Waals surface area contributed by atoms with Crippen LogP contribution in [0.3, 0.4) is 0 Å². The van der Waals surface area contributed by atoms with E-state index in [9.17, 15) is 14.7 Å². The molecule has 6 rings (SSSR count). The molecule has 1 amide bonds. The Bertz CT molecular complexity index is 1340. The molecule has 7 nitrogen and oxygen atoms in total.